The third-order valence-corrected chi connectivity index (χ3v) is 7.40. The molecule has 5 heterocycles. The summed E-state index contributed by atoms with van der Waals surface area (Å²) in [5, 5.41) is 3.64. The van der Waals surface area contributed by atoms with Crippen LogP contribution >= 0.6 is 7.82 Å². The van der Waals surface area contributed by atoms with Crippen LogP contribution in [0, 0.1) is 6.92 Å². The van der Waals surface area contributed by atoms with E-state index in [-0.39, 0.29) is 67.4 Å². The molecule has 0 amide bonds. The number of nitrogens with one attached hydrogen (secondary N) is 2. The zero-order valence-corrected chi connectivity index (χ0v) is 24.3. The summed E-state index contributed by atoms with van der Waals surface area (Å²) in [5.74, 6) is 0. The van der Waals surface area contributed by atoms with E-state index in [1.54, 1.807) is 4.57 Å². The minimum atomic E-state index is -4.57. The van der Waals surface area contributed by atoms with Gasteiger partial charge in [0.25, 0.3) is 11.1 Å². The Kier molecular flexibility index (Phi) is 9.67. The second-order valence-corrected chi connectivity index (χ2v) is 10.5. The van der Waals surface area contributed by atoms with Gasteiger partial charge in [-0.3, -0.25) is 32.8 Å². The number of H-pyrrole nitrogens is 2. The van der Waals surface area contributed by atoms with E-state index in [1.807, 2.05) is 0 Å². The summed E-state index contributed by atoms with van der Waals surface area (Å²) in [4.78, 5) is 61.5. The predicted molar refractivity (Wildman–Crippen MR) is 136 cm³/mol. The fourth-order valence-electron chi connectivity index (χ4n) is 4.49. The van der Waals surface area contributed by atoms with Gasteiger partial charge < -0.3 is 19.4 Å². The molecule has 0 saturated carbocycles. The number of imidazole rings is 1. The molecule has 0 aliphatic carbocycles. The first-order valence-electron chi connectivity index (χ1n) is 11.8. The van der Waals surface area contributed by atoms with E-state index < -0.39 is 56.4 Å². The molecule has 20 heteroatoms. The number of hydrogen-bond donors (Lipinski definition) is 3. The molecule has 3 aromatic rings. The van der Waals surface area contributed by atoms with Crippen LogP contribution in [-0.4, -0.2) is 103 Å². The van der Waals surface area contributed by atoms with Crippen LogP contribution in [0.2, 0.25) is 0 Å². The normalized spacial score (nSPS) is 25.8. The molecule has 2 saturated heterocycles. The van der Waals surface area contributed by atoms with Gasteiger partial charge in [0.1, 0.15) is 12.5 Å². The van der Waals surface area contributed by atoms with Crippen LogP contribution in [0.1, 0.15) is 37.3 Å². The van der Waals surface area contributed by atoms with Gasteiger partial charge in [0.2, 0.25) is 0 Å². The van der Waals surface area contributed by atoms with Crippen molar-refractivity contribution in [1.82, 2.24) is 29.1 Å². The number of phosphoric acid groups is 1. The minimum Gasteiger partial charge on any atom is -0.352 e. The molecule has 5 rings (SSSR count). The average Bonchev–Trinajstić information content (AvgIpc) is 3.63. The molecule has 3 aromatic heterocycles. The number of azide groups is 1. The first kappa shape index (κ1) is 30.6. The number of rotatable bonds is 9. The molecule has 2 aliphatic heterocycles. The zero-order chi connectivity index (χ0) is 27.7. The SMILES string of the molecule is Cc1cn([C@H]2C[C@H](N=[N+]=[N-])[C@@H](COP(=O)(O)OC[C@@H]3CC[C@H](n4cnc5c(=O)[nH]cnc54)O3)O2)c(=O)[nH]c1=O.[Ca]. The summed E-state index contributed by atoms with van der Waals surface area (Å²) in [5.41, 5.74) is 8.07. The van der Waals surface area contributed by atoms with E-state index in [4.69, 9.17) is 24.1 Å². The third-order valence-electron chi connectivity index (χ3n) is 6.45. The summed E-state index contributed by atoms with van der Waals surface area (Å²) in [6.07, 6.45) is 2.21. The molecule has 2 aliphatic rings. The maximum Gasteiger partial charge on any atom is 0.472 e. The van der Waals surface area contributed by atoms with Crippen molar-refractivity contribution in [1.29, 1.82) is 0 Å². The quantitative estimate of drug-likeness (QED) is 0.0989. The van der Waals surface area contributed by atoms with Crippen LogP contribution in [0.15, 0.2) is 38.3 Å². The van der Waals surface area contributed by atoms with E-state index in [0.717, 1.165) is 4.57 Å². The second-order valence-electron chi connectivity index (χ2n) is 9.02. The van der Waals surface area contributed by atoms with Gasteiger partial charge in [-0.15, -0.1) is 0 Å². The summed E-state index contributed by atoms with van der Waals surface area (Å²) in [6, 6.07) is -0.816. The monoisotopic (exact) mass is 605 g/mol. The molecule has 0 bridgehead atoms. The molecule has 6 atom stereocenters. The smallest absolute Gasteiger partial charge is 0.352 e. The van der Waals surface area contributed by atoms with Gasteiger partial charge in [-0.1, -0.05) is 5.11 Å². The Morgan fingerprint density at radius 1 is 1.18 bits per heavy atom. The van der Waals surface area contributed by atoms with Gasteiger partial charge in [-0.2, -0.15) is 0 Å². The van der Waals surface area contributed by atoms with Crippen LogP contribution in [0.5, 0.6) is 0 Å². The number of aryl methyl sites for hydroxylation is 1. The fraction of sp³-hybridized carbons (Fsp3) is 0.550. The molecule has 1 unspecified atom stereocenters. The number of hydrogen-bond acceptors (Lipinski definition) is 11. The van der Waals surface area contributed by atoms with E-state index >= 15 is 0 Å². The van der Waals surface area contributed by atoms with Crippen molar-refractivity contribution < 1.29 is 28.0 Å². The van der Waals surface area contributed by atoms with Gasteiger partial charge in [0.15, 0.2) is 11.2 Å². The van der Waals surface area contributed by atoms with E-state index in [2.05, 4.69) is 30.0 Å². The first-order valence-corrected chi connectivity index (χ1v) is 13.3. The molecular formula is C20H24CaN9O9P. The maximum absolute atomic E-state index is 12.5. The van der Waals surface area contributed by atoms with Crippen LogP contribution in [-0.2, 0) is 23.1 Å². The Morgan fingerprint density at radius 3 is 2.73 bits per heavy atom. The van der Waals surface area contributed by atoms with Gasteiger partial charge in [-0.05, 0) is 25.3 Å². The van der Waals surface area contributed by atoms with Gasteiger partial charge in [0, 0.05) is 60.8 Å². The van der Waals surface area contributed by atoms with Crippen molar-refractivity contribution >= 4 is 56.7 Å². The van der Waals surface area contributed by atoms with Crippen LogP contribution < -0.4 is 16.8 Å². The van der Waals surface area contributed by atoms with E-state index in [9.17, 15) is 23.8 Å². The van der Waals surface area contributed by atoms with E-state index in [0.29, 0.717) is 18.5 Å². The van der Waals surface area contributed by atoms with Crippen molar-refractivity contribution in [2.75, 3.05) is 13.2 Å². The maximum atomic E-state index is 12.5. The third kappa shape index (κ3) is 6.57. The van der Waals surface area contributed by atoms with E-state index in [1.165, 1.54) is 25.8 Å². The molecule has 40 heavy (non-hydrogen) atoms. The largest absolute Gasteiger partial charge is 0.472 e. The zero-order valence-electron chi connectivity index (χ0n) is 21.2. The second kappa shape index (κ2) is 12.6. The molecule has 0 aromatic carbocycles. The molecule has 210 valence electrons. The number of aromatic nitrogens is 6. The number of aromatic amines is 2. The van der Waals surface area contributed by atoms with Gasteiger partial charge in [-0.25, -0.2) is 19.3 Å². The van der Waals surface area contributed by atoms with Crippen molar-refractivity contribution in [3.63, 3.8) is 0 Å². The van der Waals surface area contributed by atoms with Crippen molar-refractivity contribution in [2.45, 2.75) is 56.9 Å². The summed E-state index contributed by atoms with van der Waals surface area (Å²) < 4.78 is 37.2. The molecule has 3 N–H and O–H groups in total. The Bertz CT molecular complexity index is 1650. The number of ether oxygens (including phenoxy) is 2. The van der Waals surface area contributed by atoms with Gasteiger partial charge in [0.05, 0.1) is 44.1 Å². The van der Waals surface area contributed by atoms with Crippen molar-refractivity contribution in [2.24, 2.45) is 5.11 Å². The van der Waals surface area contributed by atoms with Crippen LogP contribution in [0.3, 0.4) is 0 Å². The predicted octanol–water partition coefficient (Wildman–Crippen LogP) is 0.375. The molecule has 2 radical (unpaired) electrons. The average molecular weight is 606 g/mol. The number of nitrogens with zero attached hydrogens (tertiary/aromatic N) is 7. The van der Waals surface area contributed by atoms with Crippen LogP contribution in [0.4, 0.5) is 0 Å². The summed E-state index contributed by atoms with van der Waals surface area (Å²) in [6.45, 7) is 0.784. The van der Waals surface area contributed by atoms with Crippen molar-refractivity contribution in [3.8, 4) is 0 Å². The Balaban J connectivity index is 0.00000370. The van der Waals surface area contributed by atoms with Crippen molar-refractivity contribution in [3.05, 3.63) is 66.0 Å². The standard InChI is InChI=1S/C20H24N9O9P.Ca/c1-10-5-28(20(32)25-18(10)30)15-4-12(26-27-21)13(38-15)7-36-39(33,34)35-6-11-2-3-14(37-11)29-9-24-16-17(29)22-8-23-19(16)31;/h5,8-9,11-15H,2-4,6-7H2,1H3,(H,33,34)(H,22,23,31)(H,25,30,32);/t11-,12-,13+,14+,15+;/m0./s1. The Hall–Kier alpha value is -2.37. The molecule has 2 fully saturated rings. The van der Waals surface area contributed by atoms with Crippen LogP contribution in [0.25, 0.3) is 21.6 Å². The fourth-order valence-corrected chi connectivity index (χ4v) is 5.26. The summed E-state index contributed by atoms with van der Waals surface area (Å²) in [7, 11) is -4.57. The Labute approximate surface area is 253 Å². The Morgan fingerprint density at radius 2 is 1.95 bits per heavy atom. The number of phosphoric ester groups is 1. The van der Waals surface area contributed by atoms with Gasteiger partial charge >= 0.3 is 13.5 Å². The molecule has 18 nitrogen and oxygen atoms in total. The molecular weight excluding hydrogens is 581 g/mol. The first-order chi connectivity index (χ1) is 18.6. The topological polar surface area (TPSA) is 241 Å². The minimum absolute atomic E-state index is 0. The molecule has 0 spiro atoms. The summed E-state index contributed by atoms with van der Waals surface area (Å²) >= 11 is 0. The number of fused-ring (bicyclic) bond motifs is 1.